The van der Waals surface area contributed by atoms with Gasteiger partial charge in [0.15, 0.2) is 0 Å². The Bertz CT molecular complexity index is 702. The fourth-order valence-electron chi connectivity index (χ4n) is 2.12. The van der Waals surface area contributed by atoms with E-state index < -0.39 is 36.0 Å². The molecule has 3 amide bonds. The molecule has 11 nitrogen and oxygen atoms in total. The second kappa shape index (κ2) is 12.1. The molecule has 1 rings (SSSR count). The number of carboxylic acids is 2. The maximum atomic E-state index is 12.8. The molecule has 0 spiro atoms. The lowest BCUT2D eigenvalue weighted by Crippen LogP contribution is -2.46. The van der Waals surface area contributed by atoms with Crippen molar-refractivity contribution in [3.63, 3.8) is 0 Å². The van der Waals surface area contributed by atoms with Crippen molar-refractivity contribution in [2.24, 2.45) is 0 Å². The largest absolute Gasteiger partial charge is 0.481 e. The van der Waals surface area contributed by atoms with Gasteiger partial charge in [-0.3, -0.25) is 9.59 Å². The third-order valence-corrected chi connectivity index (χ3v) is 3.53. The van der Waals surface area contributed by atoms with Crippen LogP contribution in [0.5, 0.6) is 0 Å². The Balaban J connectivity index is 2.14. The third kappa shape index (κ3) is 9.40. The van der Waals surface area contributed by atoms with Crippen LogP contribution in [0.2, 0.25) is 0 Å². The minimum Gasteiger partial charge on any atom is -0.481 e. The summed E-state index contributed by atoms with van der Waals surface area (Å²) < 4.78 is 12.8. The van der Waals surface area contributed by atoms with Gasteiger partial charge in [-0.1, -0.05) is 0 Å². The molecule has 0 aromatic carbocycles. The van der Waals surface area contributed by atoms with Gasteiger partial charge < -0.3 is 26.2 Å². The molecule has 0 saturated heterocycles. The number of rotatable bonds is 12. The molecular formula is C16H22FN5O6. The number of hydrogen-bond donors (Lipinski definition) is 5. The Morgan fingerprint density at radius 2 is 1.75 bits per heavy atom. The van der Waals surface area contributed by atoms with Crippen LogP contribution in [-0.2, 0) is 9.59 Å². The second-order valence-electron chi connectivity index (χ2n) is 5.75. The molecule has 0 bridgehead atoms. The number of unbranched alkanes of at least 4 members (excludes halogenated alkanes) is 2. The average molecular weight is 398 g/mol. The van der Waals surface area contributed by atoms with Crippen molar-refractivity contribution in [2.75, 3.05) is 13.1 Å². The number of halogens is 1. The van der Waals surface area contributed by atoms with E-state index in [2.05, 4.69) is 25.9 Å². The number of urea groups is 1. The second-order valence-corrected chi connectivity index (χ2v) is 5.75. The lowest BCUT2D eigenvalue weighted by Gasteiger charge is -2.14. The molecule has 0 aliphatic heterocycles. The molecule has 154 valence electrons. The van der Waals surface area contributed by atoms with E-state index in [0.29, 0.717) is 25.8 Å². The lowest BCUT2D eigenvalue weighted by atomic mass is 10.1. The van der Waals surface area contributed by atoms with Gasteiger partial charge in [0.1, 0.15) is 11.7 Å². The van der Waals surface area contributed by atoms with Gasteiger partial charge >= 0.3 is 24.0 Å². The number of nitrogens with zero attached hydrogens (tertiary/aromatic N) is 2. The van der Waals surface area contributed by atoms with Crippen LogP contribution in [0.1, 0.15) is 42.6 Å². The van der Waals surface area contributed by atoms with Crippen LogP contribution in [0.25, 0.3) is 0 Å². The SMILES string of the molecule is O=C(O)CC[C@H](NC(=O)NCCCCCNC(=O)c1ccnc([18F])n1)C(=O)O. The highest BCUT2D eigenvalue weighted by Crippen LogP contribution is 1.99. The Labute approximate surface area is 159 Å². The standard InChI is InChI=1S/C16H22FN5O6/c17-15-19-9-6-10(21-15)13(25)18-7-2-1-3-8-20-16(28)22-11(14(26)27)4-5-12(23)24/h6,9,11H,1-5,7-8H2,(H,18,25)(H,23,24)(H,26,27)(H2,20,22,28)/t11-/m0/s1/i17-1. The highest BCUT2D eigenvalue weighted by Gasteiger charge is 2.20. The molecule has 1 aromatic rings. The number of carbonyl (C=O) groups excluding carboxylic acids is 2. The predicted octanol–water partition coefficient (Wildman–Crippen LogP) is 0.133. The molecule has 0 unspecified atom stereocenters. The first-order valence-electron chi connectivity index (χ1n) is 8.55. The van der Waals surface area contributed by atoms with Crippen LogP contribution >= 0.6 is 0 Å². The van der Waals surface area contributed by atoms with Gasteiger partial charge in [0.25, 0.3) is 5.91 Å². The van der Waals surface area contributed by atoms with E-state index in [9.17, 15) is 23.6 Å². The normalized spacial score (nSPS) is 11.3. The van der Waals surface area contributed by atoms with Crippen LogP contribution < -0.4 is 16.0 Å². The van der Waals surface area contributed by atoms with Gasteiger partial charge in [-0.05, 0) is 31.7 Å². The van der Waals surface area contributed by atoms with Gasteiger partial charge in [-0.2, -0.15) is 9.37 Å². The van der Waals surface area contributed by atoms with Crippen molar-refractivity contribution in [2.45, 2.75) is 38.1 Å². The summed E-state index contributed by atoms with van der Waals surface area (Å²) in [5.41, 5.74) is -0.0679. The smallest absolute Gasteiger partial charge is 0.326 e. The quantitative estimate of drug-likeness (QED) is 0.244. The summed E-state index contributed by atoms with van der Waals surface area (Å²) in [5, 5.41) is 24.8. The summed E-state index contributed by atoms with van der Waals surface area (Å²) in [6.07, 6.45) is 1.44. The number of hydrogen-bond acceptors (Lipinski definition) is 6. The van der Waals surface area contributed by atoms with Crippen LogP contribution in [0.3, 0.4) is 0 Å². The monoisotopic (exact) mass is 398 g/mol. The topological polar surface area (TPSA) is 171 Å². The molecule has 0 aliphatic carbocycles. The number of amides is 3. The predicted molar refractivity (Wildman–Crippen MR) is 93.0 cm³/mol. The first-order chi connectivity index (χ1) is 13.3. The summed E-state index contributed by atoms with van der Waals surface area (Å²) in [7, 11) is 0. The molecule has 0 saturated carbocycles. The Morgan fingerprint density at radius 1 is 1.07 bits per heavy atom. The van der Waals surface area contributed by atoms with Gasteiger partial charge in [0, 0.05) is 25.7 Å². The number of aromatic nitrogens is 2. The zero-order valence-corrected chi connectivity index (χ0v) is 15.0. The van der Waals surface area contributed by atoms with Crippen LogP contribution in [0.15, 0.2) is 12.3 Å². The van der Waals surface area contributed by atoms with Crippen molar-refractivity contribution in [3.05, 3.63) is 24.0 Å². The summed E-state index contributed by atoms with van der Waals surface area (Å²) >= 11 is 0. The highest BCUT2D eigenvalue weighted by atomic mass is 18.2. The Hall–Kier alpha value is -3.31. The van der Waals surface area contributed by atoms with Crippen molar-refractivity contribution in [1.82, 2.24) is 25.9 Å². The Kier molecular flexibility index (Phi) is 9.86. The van der Waals surface area contributed by atoms with E-state index in [1.165, 1.54) is 6.07 Å². The van der Waals surface area contributed by atoms with Gasteiger partial charge in [0.2, 0.25) is 0 Å². The van der Waals surface area contributed by atoms with E-state index in [0.717, 1.165) is 6.20 Å². The average Bonchev–Trinajstić information content (AvgIpc) is 2.63. The number of nitrogens with one attached hydrogen (secondary N) is 3. The van der Waals surface area contributed by atoms with Crippen molar-refractivity contribution < 1.29 is 33.8 Å². The van der Waals surface area contributed by atoms with E-state index in [1.54, 1.807) is 0 Å². The molecule has 1 aromatic heterocycles. The maximum absolute atomic E-state index is 12.8. The van der Waals surface area contributed by atoms with Gasteiger partial charge in [-0.25, -0.2) is 14.6 Å². The molecule has 0 radical (unpaired) electrons. The number of aliphatic carboxylic acids is 2. The zero-order chi connectivity index (χ0) is 20.9. The molecule has 12 heteroatoms. The van der Waals surface area contributed by atoms with Crippen molar-refractivity contribution >= 4 is 23.9 Å². The van der Waals surface area contributed by atoms with E-state index in [1.807, 2.05) is 0 Å². The van der Waals surface area contributed by atoms with Gasteiger partial charge in [0.05, 0.1) is 0 Å². The summed E-state index contributed by atoms with van der Waals surface area (Å²) in [6, 6.07) is -0.684. The van der Waals surface area contributed by atoms with E-state index in [4.69, 9.17) is 10.2 Å². The molecule has 0 fully saturated rings. The maximum Gasteiger partial charge on any atom is 0.326 e. The summed E-state index contributed by atoms with van der Waals surface area (Å²) in [6.45, 7) is 0.620. The van der Waals surface area contributed by atoms with Crippen molar-refractivity contribution in [1.29, 1.82) is 0 Å². The highest BCUT2D eigenvalue weighted by molar-refractivity contribution is 5.92. The number of carboxylic acid groups (broad SMARTS) is 2. The van der Waals surface area contributed by atoms with Crippen LogP contribution in [-0.4, -0.2) is 63.2 Å². The minimum absolute atomic E-state index is 0.0679. The number of carbonyl (C=O) groups is 4. The van der Waals surface area contributed by atoms with Crippen LogP contribution in [0, 0.1) is 6.08 Å². The summed E-state index contributed by atoms with van der Waals surface area (Å²) in [4.78, 5) is 51.4. The fraction of sp³-hybridized carbons (Fsp3) is 0.500. The molecule has 1 heterocycles. The zero-order valence-electron chi connectivity index (χ0n) is 15.0. The first-order valence-corrected chi connectivity index (χ1v) is 8.55. The lowest BCUT2D eigenvalue weighted by molar-refractivity contribution is -0.140. The molecule has 0 aliphatic rings. The van der Waals surface area contributed by atoms with Crippen molar-refractivity contribution in [3.8, 4) is 0 Å². The van der Waals surface area contributed by atoms with E-state index in [-0.39, 0.29) is 25.1 Å². The fourth-order valence-corrected chi connectivity index (χ4v) is 2.12. The Morgan fingerprint density at radius 3 is 2.36 bits per heavy atom. The molecule has 1 atom stereocenters. The molecular weight excluding hydrogens is 376 g/mol. The molecule has 5 N–H and O–H groups in total. The third-order valence-electron chi connectivity index (χ3n) is 3.53. The summed E-state index contributed by atoms with van der Waals surface area (Å²) in [5.74, 6) is -2.97. The van der Waals surface area contributed by atoms with Crippen LogP contribution in [0.4, 0.5) is 9.18 Å². The van der Waals surface area contributed by atoms with E-state index >= 15 is 0 Å². The minimum atomic E-state index is -1.31. The first kappa shape index (κ1) is 22.7. The van der Waals surface area contributed by atoms with Gasteiger partial charge in [-0.15, -0.1) is 0 Å². The molecule has 28 heavy (non-hydrogen) atoms.